The molecule has 0 aliphatic heterocycles. The summed E-state index contributed by atoms with van der Waals surface area (Å²) >= 11 is 0. The maximum atomic E-state index is 12.6. The summed E-state index contributed by atoms with van der Waals surface area (Å²) in [4.78, 5) is 0.340. The molecule has 0 amide bonds. The van der Waals surface area contributed by atoms with Crippen molar-refractivity contribution in [1.29, 1.82) is 0 Å². The second-order valence-corrected chi connectivity index (χ2v) is 7.59. The van der Waals surface area contributed by atoms with Crippen LogP contribution in [0.3, 0.4) is 0 Å². The molecule has 0 bridgehead atoms. The molecule has 0 saturated carbocycles. The van der Waals surface area contributed by atoms with E-state index in [1.54, 1.807) is 28.6 Å². The van der Waals surface area contributed by atoms with Gasteiger partial charge >= 0.3 is 0 Å². The average Bonchev–Trinajstić information content (AvgIpc) is 2.37. The molecule has 1 aromatic rings. The van der Waals surface area contributed by atoms with E-state index in [9.17, 15) is 8.42 Å². The van der Waals surface area contributed by atoms with Gasteiger partial charge in [0.2, 0.25) is 10.0 Å². The van der Waals surface area contributed by atoms with E-state index in [4.69, 9.17) is 5.73 Å². The zero-order valence-corrected chi connectivity index (χ0v) is 13.7. The number of nitrogens with zero attached hydrogens (tertiary/aromatic N) is 1. The first-order valence-electron chi connectivity index (χ1n) is 7.13. The van der Waals surface area contributed by atoms with Gasteiger partial charge in [-0.05, 0) is 44.4 Å². The van der Waals surface area contributed by atoms with Crippen molar-refractivity contribution in [3.8, 4) is 0 Å². The topological polar surface area (TPSA) is 63.4 Å². The Morgan fingerprint density at radius 1 is 1.05 bits per heavy atom. The fourth-order valence-electron chi connectivity index (χ4n) is 2.06. The van der Waals surface area contributed by atoms with Gasteiger partial charge < -0.3 is 5.73 Å². The SMILES string of the molecule is CCCN(CCC)S(=O)(=O)c1ccc(C(C)(C)N)cc1. The fraction of sp³-hybridized carbons (Fsp3) is 0.600. The molecule has 0 aliphatic carbocycles. The molecule has 4 nitrogen and oxygen atoms in total. The molecule has 2 N–H and O–H groups in total. The number of sulfonamides is 1. The highest BCUT2D eigenvalue weighted by Gasteiger charge is 2.23. The van der Waals surface area contributed by atoms with E-state index in [0.29, 0.717) is 18.0 Å². The van der Waals surface area contributed by atoms with Crippen molar-refractivity contribution >= 4 is 10.0 Å². The van der Waals surface area contributed by atoms with Gasteiger partial charge in [0.15, 0.2) is 0 Å². The Morgan fingerprint density at radius 2 is 1.50 bits per heavy atom. The number of hydrogen-bond acceptors (Lipinski definition) is 3. The van der Waals surface area contributed by atoms with Crippen molar-refractivity contribution in [2.24, 2.45) is 5.73 Å². The predicted molar refractivity (Wildman–Crippen MR) is 83.0 cm³/mol. The molecule has 1 rings (SSSR count). The molecule has 0 aromatic heterocycles. The van der Waals surface area contributed by atoms with Crippen LogP contribution in [0.4, 0.5) is 0 Å². The summed E-state index contributed by atoms with van der Waals surface area (Å²) in [6.07, 6.45) is 1.63. The minimum Gasteiger partial charge on any atom is -0.322 e. The van der Waals surface area contributed by atoms with Crippen LogP contribution in [0.5, 0.6) is 0 Å². The first-order valence-corrected chi connectivity index (χ1v) is 8.57. The Kier molecular flexibility index (Phi) is 5.74. The Balaban J connectivity index is 3.08. The molecule has 0 fully saturated rings. The van der Waals surface area contributed by atoms with Crippen LogP contribution in [0.25, 0.3) is 0 Å². The van der Waals surface area contributed by atoms with E-state index in [0.717, 1.165) is 18.4 Å². The predicted octanol–water partition coefficient (Wildman–Crippen LogP) is 2.69. The van der Waals surface area contributed by atoms with Crippen molar-refractivity contribution in [1.82, 2.24) is 4.31 Å². The Morgan fingerprint density at radius 3 is 1.85 bits per heavy atom. The molecule has 0 radical (unpaired) electrons. The van der Waals surface area contributed by atoms with E-state index in [1.165, 1.54) is 0 Å². The Bertz CT molecular complexity index is 510. The average molecular weight is 298 g/mol. The first-order chi connectivity index (χ1) is 9.23. The molecular weight excluding hydrogens is 272 g/mol. The van der Waals surface area contributed by atoms with Crippen molar-refractivity contribution < 1.29 is 8.42 Å². The van der Waals surface area contributed by atoms with Crippen LogP contribution in [-0.4, -0.2) is 25.8 Å². The molecule has 0 aliphatic rings. The van der Waals surface area contributed by atoms with Crippen molar-refractivity contribution in [2.45, 2.75) is 51.0 Å². The maximum absolute atomic E-state index is 12.6. The number of nitrogens with two attached hydrogens (primary N) is 1. The third kappa shape index (κ3) is 4.04. The fourth-order valence-corrected chi connectivity index (χ4v) is 3.68. The van der Waals surface area contributed by atoms with Gasteiger partial charge in [0.05, 0.1) is 4.90 Å². The molecule has 0 saturated heterocycles. The Hall–Kier alpha value is -0.910. The highest BCUT2D eigenvalue weighted by Crippen LogP contribution is 2.21. The third-order valence-corrected chi connectivity index (χ3v) is 5.09. The van der Waals surface area contributed by atoms with Crippen LogP contribution >= 0.6 is 0 Å². The molecular formula is C15H26N2O2S. The van der Waals surface area contributed by atoms with Crippen LogP contribution in [0.1, 0.15) is 46.1 Å². The number of hydrogen-bond donors (Lipinski definition) is 1. The summed E-state index contributed by atoms with van der Waals surface area (Å²) < 4.78 is 26.7. The molecule has 5 heteroatoms. The van der Waals surface area contributed by atoms with E-state index in [1.807, 2.05) is 27.7 Å². The minimum atomic E-state index is -3.40. The van der Waals surface area contributed by atoms with Gasteiger partial charge in [-0.3, -0.25) is 0 Å². The van der Waals surface area contributed by atoms with Gasteiger partial charge in [0.1, 0.15) is 0 Å². The quantitative estimate of drug-likeness (QED) is 0.842. The molecule has 0 heterocycles. The summed E-state index contributed by atoms with van der Waals surface area (Å²) in [6.45, 7) is 8.88. The van der Waals surface area contributed by atoms with Gasteiger partial charge in [-0.25, -0.2) is 8.42 Å². The normalized spacial score (nSPS) is 12.9. The maximum Gasteiger partial charge on any atom is 0.243 e. The second-order valence-electron chi connectivity index (χ2n) is 5.65. The van der Waals surface area contributed by atoms with Crippen LogP contribution in [0, 0.1) is 0 Å². The van der Waals surface area contributed by atoms with E-state index >= 15 is 0 Å². The third-order valence-electron chi connectivity index (χ3n) is 3.18. The zero-order chi connectivity index (χ0) is 15.4. The number of benzene rings is 1. The molecule has 114 valence electrons. The van der Waals surface area contributed by atoms with Crippen LogP contribution in [-0.2, 0) is 15.6 Å². The number of rotatable bonds is 7. The van der Waals surface area contributed by atoms with Gasteiger partial charge in [0.25, 0.3) is 0 Å². The lowest BCUT2D eigenvalue weighted by molar-refractivity contribution is 0.410. The molecule has 20 heavy (non-hydrogen) atoms. The molecule has 0 atom stereocenters. The highest BCUT2D eigenvalue weighted by atomic mass is 32.2. The summed E-state index contributed by atoms with van der Waals surface area (Å²) in [5, 5.41) is 0. The lowest BCUT2D eigenvalue weighted by Gasteiger charge is -2.22. The van der Waals surface area contributed by atoms with Gasteiger partial charge in [-0.1, -0.05) is 26.0 Å². The molecule has 1 aromatic carbocycles. The van der Waals surface area contributed by atoms with Crippen molar-refractivity contribution in [2.75, 3.05) is 13.1 Å². The first kappa shape index (κ1) is 17.1. The summed E-state index contributed by atoms with van der Waals surface area (Å²) in [5.74, 6) is 0. The van der Waals surface area contributed by atoms with Crippen LogP contribution in [0.15, 0.2) is 29.2 Å². The van der Waals surface area contributed by atoms with Crippen molar-refractivity contribution in [3.63, 3.8) is 0 Å². The summed E-state index contributed by atoms with van der Waals surface area (Å²) in [7, 11) is -3.40. The smallest absolute Gasteiger partial charge is 0.243 e. The van der Waals surface area contributed by atoms with E-state index in [-0.39, 0.29) is 0 Å². The summed E-state index contributed by atoms with van der Waals surface area (Å²) in [5.41, 5.74) is 6.47. The van der Waals surface area contributed by atoms with E-state index in [2.05, 4.69) is 0 Å². The molecule has 0 spiro atoms. The minimum absolute atomic E-state index is 0.340. The monoisotopic (exact) mass is 298 g/mol. The lowest BCUT2D eigenvalue weighted by atomic mass is 9.96. The van der Waals surface area contributed by atoms with Crippen molar-refractivity contribution in [3.05, 3.63) is 29.8 Å². The Labute approximate surface area is 123 Å². The van der Waals surface area contributed by atoms with Crippen LogP contribution < -0.4 is 5.73 Å². The largest absolute Gasteiger partial charge is 0.322 e. The second kappa shape index (κ2) is 6.70. The lowest BCUT2D eigenvalue weighted by Crippen LogP contribution is -2.33. The zero-order valence-electron chi connectivity index (χ0n) is 12.9. The van der Waals surface area contributed by atoms with E-state index < -0.39 is 15.6 Å². The van der Waals surface area contributed by atoms with Gasteiger partial charge in [-0.2, -0.15) is 4.31 Å². The van der Waals surface area contributed by atoms with Crippen LogP contribution in [0.2, 0.25) is 0 Å². The molecule has 0 unspecified atom stereocenters. The highest BCUT2D eigenvalue weighted by molar-refractivity contribution is 7.89. The van der Waals surface area contributed by atoms with Gasteiger partial charge in [0, 0.05) is 18.6 Å². The van der Waals surface area contributed by atoms with Gasteiger partial charge in [-0.15, -0.1) is 0 Å². The standard InChI is InChI=1S/C15H26N2O2S/c1-5-11-17(12-6-2)20(18,19)14-9-7-13(8-10-14)15(3,4)16/h7-10H,5-6,11-12,16H2,1-4H3. The summed E-state index contributed by atoms with van der Waals surface area (Å²) in [6, 6.07) is 6.89.